The highest BCUT2D eigenvalue weighted by atomic mass is 32.1. The van der Waals surface area contributed by atoms with Gasteiger partial charge in [-0.2, -0.15) is 0 Å². The molecule has 1 N–H and O–H groups in total. The molecule has 19 heavy (non-hydrogen) atoms. The van der Waals surface area contributed by atoms with Gasteiger partial charge in [0.25, 0.3) is 0 Å². The molecule has 0 aromatic carbocycles. The molecule has 1 saturated carbocycles. The summed E-state index contributed by atoms with van der Waals surface area (Å²) in [6.07, 6.45) is 2.14. The third-order valence-corrected chi connectivity index (χ3v) is 3.97. The van der Waals surface area contributed by atoms with Crippen LogP contribution in [0.2, 0.25) is 0 Å². The summed E-state index contributed by atoms with van der Waals surface area (Å²) in [5.41, 5.74) is 0.788. The van der Waals surface area contributed by atoms with Crippen LogP contribution in [0.5, 0.6) is 0 Å². The first-order valence-corrected chi connectivity index (χ1v) is 7.05. The fourth-order valence-electron chi connectivity index (χ4n) is 2.06. The van der Waals surface area contributed by atoms with Crippen molar-refractivity contribution in [2.24, 2.45) is 0 Å². The fraction of sp³-hybridized carbons (Fsp3) is 0.385. The van der Waals surface area contributed by atoms with Gasteiger partial charge in [-0.1, -0.05) is 11.2 Å². The predicted molar refractivity (Wildman–Crippen MR) is 70.9 cm³/mol. The number of hydrogen-bond donors (Lipinski definition) is 1. The zero-order chi connectivity index (χ0) is 13.2. The van der Waals surface area contributed by atoms with Crippen molar-refractivity contribution in [1.29, 1.82) is 0 Å². The van der Waals surface area contributed by atoms with E-state index in [1.165, 1.54) is 0 Å². The van der Waals surface area contributed by atoms with E-state index in [1.54, 1.807) is 11.3 Å². The van der Waals surface area contributed by atoms with Crippen molar-refractivity contribution >= 4 is 17.3 Å². The smallest absolute Gasteiger partial charge is 0.317 e. The van der Waals surface area contributed by atoms with Crippen LogP contribution in [0, 0.1) is 0 Å². The quantitative estimate of drug-likeness (QED) is 0.879. The molecule has 0 radical (unpaired) electrons. The fourth-order valence-corrected chi connectivity index (χ4v) is 2.73. The lowest BCUT2D eigenvalue weighted by molar-refractivity contribution is -0.138. The SMILES string of the molecule is O=C(O)CN(Cc1cc(-c2cccs2)on1)C1CC1. The molecular weight excluding hydrogens is 264 g/mol. The molecule has 2 aromatic rings. The zero-order valence-electron chi connectivity index (χ0n) is 10.3. The number of rotatable bonds is 6. The van der Waals surface area contributed by atoms with Crippen molar-refractivity contribution in [1.82, 2.24) is 10.1 Å². The lowest BCUT2D eigenvalue weighted by Gasteiger charge is -2.17. The van der Waals surface area contributed by atoms with E-state index in [0.717, 1.165) is 29.2 Å². The average molecular weight is 278 g/mol. The van der Waals surface area contributed by atoms with E-state index in [1.807, 2.05) is 28.5 Å². The Bertz CT molecular complexity index is 560. The molecule has 5 nitrogen and oxygen atoms in total. The molecule has 3 rings (SSSR count). The molecule has 2 aromatic heterocycles. The third-order valence-electron chi connectivity index (χ3n) is 3.09. The summed E-state index contributed by atoms with van der Waals surface area (Å²) in [4.78, 5) is 13.8. The van der Waals surface area contributed by atoms with Gasteiger partial charge in [0, 0.05) is 18.7 Å². The van der Waals surface area contributed by atoms with Crippen LogP contribution in [0.1, 0.15) is 18.5 Å². The summed E-state index contributed by atoms with van der Waals surface area (Å²) in [7, 11) is 0. The molecule has 0 amide bonds. The molecular formula is C13H14N2O3S. The van der Waals surface area contributed by atoms with Crippen molar-refractivity contribution in [2.45, 2.75) is 25.4 Å². The Kier molecular flexibility index (Phi) is 3.35. The van der Waals surface area contributed by atoms with Crippen LogP contribution >= 0.6 is 11.3 Å². The normalized spacial score (nSPS) is 15.0. The van der Waals surface area contributed by atoms with Crippen LogP contribution < -0.4 is 0 Å². The molecule has 1 fully saturated rings. The topological polar surface area (TPSA) is 66.6 Å². The molecule has 2 heterocycles. The minimum atomic E-state index is -0.797. The lowest BCUT2D eigenvalue weighted by atomic mass is 10.3. The second-order valence-electron chi connectivity index (χ2n) is 4.69. The molecule has 0 bridgehead atoms. The Labute approximate surface area is 114 Å². The van der Waals surface area contributed by atoms with Gasteiger partial charge in [0.1, 0.15) is 0 Å². The van der Waals surface area contributed by atoms with Crippen LogP contribution in [0.15, 0.2) is 28.1 Å². The number of aliphatic carboxylic acids is 1. The maximum atomic E-state index is 10.8. The minimum Gasteiger partial charge on any atom is -0.480 e. The number of hydrogen-bond acceptors (Lipinski definition) is 5. The molecule has 0 atom stereocenters. The second-order valence-corrected chi connectivity index (χ2v) is 5.64. The number of carbonyl (C=O) groups is 1. The van der Waals surface area contributed by atoms with Crippen LogP contribution in [-0.4, -0.2) is 33.7 Å². The van der Waals surface area contributed by atoms with Gasteiger partial charge in [-0.3, -0.25) is 9.69 Å². The van der Waals surface area contributed by atoms with Crippen LogP contribution in [0.3, 0.4) is 0 Å². The van der Waals surface area contributed by atoms with Gasteiger partial charge in [-0.15, -0.1) is 11.3 Å². The Morgan fingerprint density at radius 3 is 3.05 bits per heavy atom. The molecule has 1 aliphatic rings. The summed E-state index contributed by atoms with van der Waals surface area (Å²) in [5, 5.41) is 14.9. The number of carboxylic acids is 1. The molecule has 0 spiro atoms. The van der Waals surface area contributed by atoms with E-state index >= 15 is 0 Å². The first-order valence-electron chi connectivity index (χ1n) is 6.17. The van der Waals surface area contributed by atoms with E-state index < -0.39 is 5.97 Å². The van der Waals surface area contributed by atoms with Crippen molar-refractivity contribution in [3.05, 3.63) is 29.3 Å². The summed E-state index contributed by atoms with van der Waals surface area (Å²) in [6, 6.07) is 6.22. The number of aromatic nitrogens is 1. The molecule has 100 valence electrons. The first kappa shape index (κ1) is 12.4. The lowest BCUT2D eigenvalue weighted by Crippen LogP contribution is -2.31. The Balaban J connectivity index is 1.70. The summed E-state index contributed by atoms with van der Waals surface area (Å²) in [5.74, 6) is -0.0510. The number of nitrogens with zero attached hydrogens (tertiary/aromatic N) is 2. The van der Waals surface area contributed by atoms with Crippen LogP contribution in [0.25, 0.3) is 10.6 Å². The van der Waals surface area contributed by atoms with Crippen molar-refractivity contribution in [3.8, 4) is 10.6 Å². The first-order chi connectivity index (χ1) is 9.22. The highest BCUT2D eigenvalue weighted by Gasteiger charge is 2.30. The van der Waals surface area contributed by atoms with E-state index in [2.05, 4.69) is 5.16 Å². The zero-order valence-corrected chi connectivity index (χ0v) is 11.1. The summed E-state index contributed by atoms with van der Waals surface area (Å²) >= 11 is 1.60. The Hall–Kier alpha value is -1.66. The minimum absolute atomic E-state index is 0.0614. The van der Waals surface area contributed by atoms with Gasteiger partial charge < -0.3 is 9.63 Å². The maximum Gasteiger partial charge on any atom is 0.317 e. The molecule has 0 unspecified atom stereocenters. The van der Waals surface area contributed by atoms with Gasteiger partial charge in [0.2, 0.25) is 0 Å². The Morgan fingerprint density at radius 2 is 2.42 bits per heavy atom. The summed E-state index contributed by atoms with van der Waals surface area (Å²) < 4.78 is 5.30. The van der Waals surface area contributed by atoms with E-state index in [4.69, 9.17) is 9.63 Å². The van der Waals surface area contributed by atoms with Gasteiger partial charge >= 0.3 is 5.97 Å². The molecule has 6 heteroatoms. The van der Waals surface area contributed by atoms with E-state index in [-0.39, 0.29) is 6.54 Å². The number of carboxylic acid groups (broad SMARTS) is 1. The maximum absolute atomic E-state index is 10.8. The second kappa shape index (κ2) is 5.14. The van der Waals surface area contributed by atoms with E-state index in [0.29, 0.717) is 12.6 Å². The van der Waals surface area contributed by atoms with Gasteiger partial charge in [0.05, 0.1) is 17.1 Å². The highest BCUT2D eigenvalue weighted by molar-refractivity contribution is 7.13. The highest BCUT2D eigenvalue weighted by Crippen LogP contribution is 2.29. The third kappa shape index (κ3) is 3.02. The van der Waals surface area contributed by atoms with Gasteiger partial charge in [-0.05, 0) is 24.3 Å². The van der Waals surface area contributed by atoms with Crippen molar-refractivity contribution < 1.29 is 14.4 Å². The summed E-state index contributed by atoms with van der Waals surface area (Å²) in [6.45, 7) is 0.595. The number of thiophene rings is 1. The molecule has 0 saturated heterocycles. The average Bonchev–Trinajstić information content (AvgIpc) is 2.89. The monoisotopic (exact) mass is 278 g/mol. The molecule has 0 aliphatic heterocycles. The van der Waals surface area contributed by atoms with Gasteiger partial charge in [0.15, 0.2) is 5.76 Å². The van der Waals surface area contributed by atoms with Crippen LogP contribution in [0.4, 0.5) is 0 Å². The predicted octanol–water partition coefficient (Wildman–Crippen LogP) is 2.45. The standard InChI is InChI=1S/C13H14N2O3S/c16-13(17)8-15(10-3-4-10)7-9-6-11(18-14-9)12-2-1-5-19-12/h1-2,5-6,10H,3-4,7-8H2,(H,16,17). The Morgan fingerprint density at radius 1 is 1.58 bits per heavy atom. The molecule has 1 aliphatic carbocycles. The van der Waals surface area contributed by atoms with E-state index in [9.17, 15) is 4.79 Å². The van der Waals surface area contributed by atoms with Gasteiger partial charge in [-0.25, -0.2) is 0 Å². The van der Waals surface area contributed by atoms with Crippen molar-refractivity contribution in [3.63, 3.8) is 0 Å². The van der Waals surface area contributed by atoms with Crippen LogP contribution in [-0.2, 0) is 11.3 Å². The largest absolute Gasteiger partial charge is 0.480 e. The van der Waals surface area contributed by atoms with Crippen molar-refractivity contribution in [2.75, 3.05) is 6.54 Å².